The number of hydrogen-bond donors (Lipinski definition) is 2. The summed E-state index contributed by atoms with van der Waals surface area (Å²) in [5.41, 5.74) is 6.84. The van der Waals surface area contributed by atoms with Crippen LogP contribution in [0.4, 0.5) is 5.69 Å². The number of benzene rings is 3. The van der Waals surface area contributed by atoms with Gasteiger partial charge in [-0.15, -0.1) is 0 Å². The van der Waals surface area contributed by atoms with E-state index in [2.05, 4.69) is 15.8 Å². The van der Waals surface area contributed by atoms with Gasteiger partial charge >= 0.3 is 0 Å². The normalized spacial score (nSPS) is 11.3. The summed E-state index contributed by atoms with van der Waals surface area (Å²) in [6.45, 7) is 2.00. The van der Waals surface area contributed by atoms with Gasteiger partial charge in [0, 0.05) is 25.3 Å². The number of amides is 2. The maximum atomic E-state index is 12.8. The van der Waals surface area contributed by atoms with Crippen molar-refractivity contribution in [3.05, 3.63) is 107 Å². The second-order valence-electron chi connectivity index (χ2n) is 7.47. The summed E-state index contributed by atoms with van der Waals surface area (Å²) in [6, 6.07) is 24.1. The summed E-state index contributed by atoms with van der Waals surface area (Å²) < 4.78 is 0. The average molecular weight is 427 g/mol. The van der Waals surface area contributed by atoms with Gasteiger partial charge in [0.1, 0.15) is 5.70 Å². The summed E-state index contributed by atoms with van der Waals surface area (Å²) in [5, 5.41) is 6.73. The minimum Gasteiger partial charge on any atom is -0.378 e. The van der Waals surface area contributed by atoms with Gasteiger partial charge in [-0.25, -0.2) is 5.43 Å². The molecule has 0 aromatic heterocycles. The zero-order valence-corrected chi connectivity index (χ0v) is 18.4. The van der Waals surface area contributed by atoms with E-state index in [0.29, 0.717) is 5.56 Å². The van der Waals surface area contributed by atoms with Gasteiger partial charge in [0.05, 0.1) is 6.21 Å². The van der Waals surface area contributed by atoms with E-state index in [-0.39, 0.29) is 11.6 Å². The topological polar surface area (TPSA) is 73.8 Å². The molecular formula is C26H26N4O2. The van der Waals surface area contributed by atoms with Crippen LogP contribution in [0.1, 0.15) is 27.0 Å². The third-order valence-electron chi connectivity index (χ3n) is 4.71. The molecule has 0 atom stereocenters. The van der Waals surface area contributed by atoms with Gasteiger partial charge in [-0.2, -0.15) is 5.10 Å². The molecule has 0 aliphatic rings. The molecule has 6 heteroatoms. The summed E-state index contributed by atoms with van der Waals surface area (Å²) in [4.78, 5) is 27.4. The molecule has 0 spiro atoms. The highest BCUT2D eigenvalue weighted by Gasteiger charge is 2.14. The second-order valence-corrected chi connectivity index (χ2v) is 7.47. The minimum absolute atomic E-state index is 0.0949. The van der Waals surface area contributed by atoms with Gasteiger partial charge in [0.15, 0.2) is 0 Å². The van der Waals surface area contributed by atoms with E-state index in [0.717, 1.165) is 22.4 Å². The van der Waals surface area contributed by atoms with Crippen molar-refractivity contribution in [2.24, 2.45) is 5.10 Å². The highest BCUT2D eigenvalue weighted by atomic mass is 16.2. The Hall–Kier alpha value is -4.19. The Labute approximate surface area is 188 Å². The molecule has 0 aliphatic heterocycles. The lowest BCUT2D eigenvalue weighted by atomic mass is 10.1. The molecule has 0 radical (unpaired) electrons. The lowest BCUT2D eigenvalue weighted by molar-refractivity contribution is -0.117. The van der Waals surface area contributed by atoms with Crippen molar-refractivity contribution in [1.82, 2.24) is 10.7 Å². The number of carbonyl (C=O) groups excluding carboxylic acids is 2. The van der Waals surface area contributed by atoms with Gasteiger partial charge in [-0.1, -0.05) is 60.2 Å². The molecule has 0 saturated carbocycles. The highest BCUT2D eigenvalue weighted by Crippen LogP contribution is 2.14. The van der Waals surface area contributed by atoms with Crippen molar-refractivity contribution in [2.75, 3.05) is 19.0 Å². The molecule has 6 nitrogen and oxygen atoms in total. The molecule has 3 rings (SSSR count). The molecule has 2 N–H and O–H groups in total. The Morgan fingerprint density at radius 2 is 1.47 bits per heavy atom. The summed E-state index contributed by atoms with van der Waals surface area (Å²) >= 11 is 0. The molecule has 32 heavy (non-hydrogen) atoms. The fraction of sp³-hybridized carbons (Fsp3) is 0.115. The maximum absolute atomic E-state index is 12.8. The van der Waals surface area contributed by atoms with E-state index in [9.17, 15) is 9.59 Å². The highest BCUT2D eigenvalue weighted by molar-refractivity contribution is 6.05. The van der Waals surface area contributed by atoms with Crippen molar-refractivity contribution in [1.29, 1.82) is 0 Å². The molecular weight excluding hydrogens is 400 g/mol. The molecule has 2 amide bonds. The van der Waals surface area contributed by atoms with Crippen LogP contribution in [0.25, 0.3) is 6.08 Å². The molecule has 0 heterocycles. The summed E-state index contributed by atoms with van der Waals surface area (Å²) in [5.74, 6) is -0.895. The van der Waals surface area contributed by atoms with Crippen LogP contribution in [-0.2, 0) is 4.79 Å². The molecule has 0 unspecified atom stereocenters. The predicted molar refractivity (Wildman–Crippen MR) is 130 cm³/mol. The predicted octanol–water partition coefficient (Wildman–Crippen LogP) is 3.98. The van der Waals surface area contributed by atoms with Crippen LogP contribution in [0.5, 0.6) is 0 Å². The molecule has 0 bridgehead atoms. The first kappa shape index (κ1) is 22.5. The van der Waals surface area contributed by atoms with Gasteiger partial charge in [0.2, 0.25) is 0 Å². The number of nitrogens with one attached hydrogen (secondary N) is 2. The van der Waals surface area contributed by atoms with E-state index >= 15 is 0 Å². The van der Waals surface area contributed by atoms with Crippen molar-refractivity contribution in [2.45, 2.75) is 6.92 Å². The first-order valence-corrected chi connectivity index (χ1v) is 10.2. The lowest BCUT2D eigenvalue weighted by Gasteiger charge is -2.12. The molecule has 162 valence electrons. The Balaban J connectivity index is 1.80. The van der Waals surface area contributed by atoms with E-state index in [1.807, 2.05) is 80.5 Å². The van der Waals surface area contributed by atoms with Crippen molar-refractivity contribution in [3.8, 4) is 0 Å². The van der Waals surface area contributed by atoms with E-state index < -0.39 is 5.91 Å². The molecule has 3 aromatic carbocycles. The number of hydrazone groups is 1. The molecule has 3 aromatic rings. The third-order valence-corrected chi connectivity index (χ3v) is 4.71. The first-order chi connectivity index (χ1) is 15.4. The van der Waals surface area contributed by atoms with Crippen LogP contribution < -0.4 is 15.6 Å². The number of carbonyl (C=O) groups is 2. The van der Waals surface area contributed by atoms with Crippen LogP contribution in [0.15, 0.2) is 89.7 Å². The van der Waals surface area contributed by atoms with Crippen LogP contribution in [0.2, 0.25) is 0 Å². The fourth-order valence-corrected chi connectivity index (χ4v) is 2.86. The zero-order chi connectivity index (χ0) is 22.9. The number of anilines is 1. The molecule has 0 fully saturated rings. The molecule has 0 aliphatic carbocycles. The van der Waals surface area contributed by atoms with Crippen molar-refractivity contribution in [3.63, 3.8) is 0 Å². The Bertz CT molecular complexity index is 1120. The van der Waals surface area contributed by atoms with Gasteiger partial charge in [-0.3, -0.25) is 9.59 Å². The van der Waals surface area contributed by atoms with Crippen LogP contribution in [0, 0.1) is 6.92 Å². The van der Waals surface area contributed by atoms with Gasteiger partial charge in [-0.05, 0) is 48.4 Å². The minimum atomic E-state index is -0.519. The SMILES string of the molecule is Cc1ccc(/C=N\NC(=O)/C(=C\c2ccc(N(C)C)cc2)NC(=O)c2ccccc2)cc1. The first-order valence-electron chi connectivity index (χ1n) is 10.2. The van der Waals surface area contributed by atoms with Crippen molar-refractivity contribution < 1.29 is 9.59 Å². The fourth-order valence-electron chi connectivity index (χ4n) is 2.86. The van der Waals surface area contributed by atoms with Crippen LogP contribution in [0.3, 0.4) is 0 Å². The van der Waals surface area contributed by atoms with Crippen molar-refractivity contribution >= 4 is 29.8 Å². The standard InChI is InChI=1S/C26H26N4O2/c1-19-9-11-21(12-10-19)18-27-29-26(32)24(28-25(31)22-7-5-4-6-8-22)17-20-13-15-23(16-14-20)30(2)3/h4-18H,1-3H3,(H,28,31)(H,29,32)/b24-17+,27-18-. The third kappa shape index (κ3) is 6.40. The Morgan fingerprint density at radius 1 is 0.844 bits per heavy atom. The average Bonchev–Trinajstić information content (AvgIpc) is 2.80. The zero-order valence-electron chi connectivity index (χ0n) is 18.4. The second kappa shape index (κ2) is 10.7. The van der Waals surface area contributed by atoms with Crippen LogP contribution in [-0.4, -0.2) is 32.1 Å². The number of rotatable bonds is 7. The van der Waals surface area contributed by atoms with E-state index in [1.165, 1.54) is 0 Å². The van der Waals surface area contributed by atoms with Gasteiger partial charge < -0.3 is 10.2 Å². The molecule has 0 saturated heterocycles. The smallest absolute Gasteiger partial charge is 0.287 e. The van der Waals surface area contributed by atoms with Crippen LogP contribution >= 0.6 is 0 Å². The quantitative estimate of drug-likeness (QED) is 0.341. The Kier molecular flexibility index (Phi) is 7.54. The summed E-state index contributed by atoms with van der Waals surface area (Å²) in [6.07, 6.45) is 3.18. The summed E-state index contributed by atoms with van der Waals surface area (Å²) in [7, 11) is 3.91. The number of aryl methyl sites for hydroxylation is 1. The number of nitrogens with zero attached hydrogens (tertiary/aromatic N) is 2. The monoisotopic (exact) mass is 426 g/mol. The lowest BCUT2D eigenvalue weighted by Crippen LogP contribution is -2.32. The van der Waals surface area contributed by atoms with Gasteiger partial charge in [0.25, 0.3) is 11.8 Å². The number of hydrogen-bond acceptors (Lipinski definition) is 4. The maximum Gasteiger partial charge on any atom is 0.287 e. The Morgan fingerprint density at radius 3 is 2.09 bits per heavy atom. The van der Waals surface area contributed by atoms with E-state index in [4.69, 9.17) is 0 Å². The van der Waals surface area contributed by atoms with E-state index in [1.54, 1.807) is 36.6 Å². The largest absolute Gasteiger partial charge is 0.378 e.